The maximum absolute atomic E-state index is 10.5. The third-order valence-corrected chi connectivity index (χ3v) is 2.15. The van der Waals surface area contributed by atoms with Crippen LogP contribution >= 0.6 is 0 Å². The molecular weight excluding hydrogens is 164 g/mol. The summed E-state index contributed by atoms with van der Waals surface area (Å²) in [6.07, 6.45) is 3.60. The number of benzene rings is 1. The van der Waals surface area contributed by atoms with E-state index in [9.17, 15) is 4.79 Å². The number of aldehydes is 1. The highest BCUT2D eigenvalue weighted by Gasteiger charge is 2.23. The van der Waals surface area contributed by atoms with Crippen LogP contribution in [0.4, 0.5) is 0 Å². The molecule has 0 aliphatic heterocycles. The van der Waals surface area contributed by atoms with Crippen LogP contribution in [0.1, 0.15) is 28.8 Å². The second-order valence-corrected chi connectivity index (χ2v) is 3.46. The van der Waals surface area contributed by atoms with Crippen molar-refractivity contribution in [1.29, 1.82) is 0 Å². The summed E-state index contributed by atoms with van der Waals surface area (Å²) in [5, 5.41) is 0. The number of rotatable bonds is 3. The second kappa shape index (κ2) is 3.21. The first-order chi connectivity index (χ1) is 6.29. The van der Waals surface area contributed by atoms with Gasteiger partial charge in [0.2, 0.25) is 0 Å². The first kappa shape index (κ1) is 8.30. The van der Waals surface area contributed by atoms with E-state index in [1.54, 1.807) is 6.07 Å². The molecule has 13 heavy (non-hydrogen) atoms. The van der Waals surface area contributed by atoms with E-state index in [0.717, 1.165) is 30.4 Å². The molecule has 0 bridgehead atoms. The highest BCUT2D eigenvalue weighted by Crippen LogP contribution is 2.28. The van der Waals surface area contributed by atoms with Gasteiger partial charge in [-0.1, -0.05) is 0 Å². The van der Waals surface area contributed by atoms with E-state index in [4.69, 9.17) is 4.74 Å². The minimum atomic E-state index is 0.417. The summed E-state index contributed by atoms with van der Waals surface area (Å²) < 4.78 is 5.64. The topological polar surface area (TPSA) is 26.3 Å². The summed E-state index contributed by atoms with van der Waals surface area (Å²) in [4.78, 5) is 10.5. The van der Waals surface area contributed by atoms with Crippen LogP contribution in [0.2, 0.25) is 0 Å². The van der Waals surface area contributed by atoms with Crippen molar-refractivity contribution in [3.05, 3.63) is 29.3 Å². The lowest BCUT2D eigenvalue weighted by atomic mass is 10.1. The van der Waals surface area contributed by atoms with Crippen molar-refractivity contribution in [3.63, 3.8) is 0 Å². The molecule has 0 radical (unpaired) electrons. The summed E-state index contributed by atoms with van der Waals surface area (Å²) >= 11 is 0. The largest absolute Gasteiger partial charge is 0.490 e. The van der Waals surface area contributed by atoms with Gasteiger partial charge >= 0.3 is 0 Å². The lowest BCUT2D eigenvalue weighted by molar-refractivity contribution is 0.112. The molecule has 0 atom stereocenters. The molecule has 2 heteroatoms. The van der Waals surface area contributed by atoms with Gasteiger partial charge in [-0.3, -0.25) is 4.79 Å². The number of carbonyl (C=O) groups is 1. The van der Waals surface area contributed by atoms with E-state index >= 15 is 0 Å². The molecule has 1 saturated carbocycles. The maximum Gasteiger partial charge on any atom is 0.150 e. The molecule has 0 spiro atoms. The minimum Gasteiger partial charge on any atom is -0.490 e. The molecule has 2 rings (SSSR count). The van der Waals surface area contributed by atoms with E-state index < -0.39 is 0 Å². The summed E-state index contributed by atoms with van der Waals surface area (Å²) in [7, 11) is 0. The van der Waals surface area contributed by atoms with Crippen molar-refractivity contribution in [2.45, 2.75) is 25.9 Å². The Morgan fingerprint density at radius 1 is 1.46 bits per heavy atom. The van der Waals surface area contributed by atoms with Crippen LogP contribution in [0.25, 0.3) is 0 Å². The molecule has 1 aromatic carbocycles. The third kappa shape index (κ3) is 1.89. The van der Waals surface area contributed by atoms with Crippen LogP contribution in [-0.4, -0.2) is 12.4 Å². The smallest absolute Gasteiger partial charge is 0.150 e. The SMILES string of the molecule is Cc1cc(C=O)ccc1OC1CC1. The minimum absolute atomic E-state index is 0.417. The van der Waals surface area contributed by atoms with Crippen LogP contribution < -0.4 is 4.74 Å². The van der Waals surface area contributed by atoms with Crippen molar-refractivity contribution < 1.29 is 9.53 Å². The standard InChI is InChI=1S/C11H12O2/c1-8-6-9(7-12)2-5-11(8)13-10-3-4-10/h2,5-7,10H,3-4H2,1H3. The lowest BCUT2D eigenvalue weighted by Crippen LogP contribution is -1.98. The fourth-order valence-corrected chi connectivity index (χ4v) is 1.24. The van der Waals surface area contributed by atoms with Gasteiger partial charge in [0.1, 0.15) is 12.0 Å². The molecule has 1 aromatic rings. The second-order valence-electron chi connectivity index (χ2n) is 3.46. The van der Waals surface area contributed by atoms with Gasteiger partial charge in [0, 0.05) is 5.56 Å². The van der Waals surface area contributed by atoms with E-state index in [1.165, 1.54) is 0 Å². The van der Waals surface area contributed by atoms with Gasteiger partial charge in [-0.05, 0) is 43.5 Å². The van der Waals surface area contributed by atoms with Crippen molar-refractivity contribution in [2.24, 2.45) is 0 Å². The van der Waals surface area contributed by atoms with Gasteiger partial charge in [0.25, 0.3) is 0 Å². The van der Waals surface area contributed by atoms with Crippen molar-refractivity contribution in [2.75, 3.05) is 0 Å². The van der Waals surface area contributed by atoms with E-state index in [-0.39, 0.29) is 0 Å². The average molecular weight is 176 g/mol. The Kier molecular flexibility index (Phi) is 2.05. The Balaban J connectivity index is 2.20. The first-order valence-corrected chi connectivity index (χ1v) is 4.52. The highest BCUT2D eigenvalue weighted by molar-refractivity contribution is 5.75. The molecule has 2 nitrogen and oxygen atoms in total. The number of ether oxygens (including phenoxy) is 1. The maximum atomic E-state index is 10.5. The van der Waals surface area contributed by atoms with E-state index in [0.29, 0.717) is 11.7 Å². The van der Waals surface area contributed by atoms with Gasteiger partial charge in [0.05, 0.1) is 6.10 Å². The number of hydrogen-bond acceptors (Lipinski definition) is 2. The molecular formula is C11H12O2. The van der Waals surface area contributed by atoms with Gasteiger partial charge in [-0.25, -0.2) is 0 Å². The summed E-state index contributed by atoms with van der Waals surface area (Å²) in [5.74, 6) is 0.910. The zero-order valence-corrected chi connectivity index (χ0v) is 7.62. The molecule has 68 valence electrons. The Labute approximate surface area is 77.5 Å². The summed E-state index contributed by atoms with van der Waals surface area (Å²) in [5.41, 5.74) is 1.75. The number of hydrogen-bond donors (Lipinski definition) is 0. The molecule has 1 fully saturated rings. The van der Waals surface area contributed by atoms with Gasteiger partial charge in [-0.2, -0.15) is 0 Å². The molecule has 0 heterocycles. The number of carbonyl (C=O) groups excluding carboxylic acids is 1. The Bertz CT molecular complexity index is 327. The van der Waals surface area contributed by atoms with Crippen molar-refractivity contribution >= 4 is 6.29 Å². The van der Waals surface area contributed by atoms with Crippen LogP contribution in [0.3, 0.4) is 0 Å². The van der Waals surface area contributed by atoms with E-state index in [1.807, 2.05) is 19.1 Å². The molecule has 0 amide bonds. The van der Waals surface area contributed by atoms with E-state index in [2.05, 4.69) is 0 Å². The molecule has 0 unspecified atom stereocenters. The number of aryl methyl sites for hydroxylation is 1. The van der Waals surface area contributed by atoms with Gasteiger partial charge in [-0.15, -0.1) is 0 Å². The Morgan fingerprint density at radius 2 is 2.23 bits per heavy atom. The Hall–Kier alpha value is -1.31. The fraction of sp³-hybridized carbons (Fsp3) is 0.364. The van der Waals surface area contributed by atoms with Crippen LogP contribution in [0, 0.1) is 6.92 Å². The van der Waals surface area contributed by atoms with Gasteiger partial charge < -0.3 is 4.74 Å². The third-order valence-electron chi connectivity index (χ3n) is 2.15. The molecule has 1 aliphatic carbocycles. The predicted octanol–water partition coefficient (Wildman–Crippen LogP) is 2.35. The average Bonchev–Trinajstić information content (AvgIpc) is 2.92. The lowest BCUT2D eigenvalue weighted by Gasteiger charge is -2.07. The van der Waals surface area contributed by atoms with Crippen LogP contribution in [-0.2, 0) is 0 Å². The van der Waals surface area contributed by atoms with Crippen molar-refractivity contribution in [3.8, 4) is 5.75 Å². The quantitative estimate of drug-likeness (QED) is 0.661. The monoisotopic (exact) mass is 176 g/mol. The summed E-state index contributed by atoms with van der Waals surface area (Å²) in [6, 6.07) is 5.51. The first-order valence-electron chi connectivity index (χ1n) is 4.52. The normalized spacial score (nSPS) is 15.5. The Morgan fingerprint density at radius 3 is 2.77 bits per heavy atom. The zero-order chi connectivity index (χ0) is 9.26. The van der Waals surface area contributed by atoms with Crippen LogP contribution in [0.5, 0.6) is 5.75 Å². The highest BCUT2D eigenvalue weighted by atomic mass is 16.5. The zero-order valence-electron chi connectivity index (χ0n) is 7.62. The molecule has 0 aromatic heterocycles. The van der Waals surface area contributed by atoms with Crippen molar-refractivity contribution in [1.82, 2.24) is 0 Å². The predicted molar refractivity (Wildman–Crippen MR) is 50.2 cm³/mol. The fourth-order valence-electron chi connectivity index (χ4n) is 1.24. The molecule has 0 N–H and O–H groups in total. The molecule has 1 aliphatic rings. The summed E-state index contributed by atoms with van der Waals surface area (Å²) in [6.45, 7) is 1.96. The van der Waals surface area contributed by atoms with Gasteiger partial charge in [0.15, 0.2) is 0 Å². The van der Waals surface area contributed by atoms with Crippen LogP contribution in [0.15, 0.2) is 18.2 Å². The molecule has 0 saturated heterocycles.